The van der Waals surface area contributed by atoms with E-state index in [1.54, 1.807) is 24.8 Å². The number of carbonyl (C=O) groups is 1. The molecule has 146 valence electrons. The van der Waals surface area contributed by atoms with Crippen LogP contribution in [0.2, 0.25) is 0 Å². The fraction of sp³-hybridized carbons (Fsp3) is 0.273. The SMILES string of the molecule is C/C(Nc1cnn(CC2CC2)c1)=C1/C(=O)Nc2cnc(-c3cnccc3C)cc21. The summed E-state index contributed by atoms with van der Waals surface area (Å²) >= 11 is 0. The number of fused-ring (bicyclic) bond motifs is 1. The third-order valence-electron chi connectivity index (χ3n) is 5.45. The van der Waals surface area contributed by atoms with Crippen LogP contribution in [0.5, 0.6) is 0 Å². The Kier molecular flexibility index (Phi) is 4.16. The maximum absolute atomic E-state index is 12.7. The zero-order chi connectivity index (χ0) is 20.0. The van der Waals surface area contributed by atoms with Gasteiger partial charge in [0, 0.05) is 42.0 Å². The van der Waals surface area contributed by atoms with E-state index in [1.807, 2.05) is 36.9 Å². The number of aromatic nitrogens is 4. The number of rotatable bonds is 5. The summed E-state index contributed by atoms with van der Waals surface area (Å²) in [4.78, 5) is 21.4. The minimum atomic E-state index is -0.128. The van der Waals surface area contributed by atoms with Gasteiger partial charge in [-0.2, -0.15) is 5.10 Å². The van der Waals surface area contributed by atoms with E-state index in [0.29, 0.717) is 5.57 Å². The first-order valence-corrected chi connectivity index (χ1v) is 9.81. The Hall–Kier alpha value is -3.48. The van der Waals surface area contributed by atoms with Gasteiger partial charge in [0.25, 0.3) is 5.91 Å². The number of amides is 1. The lowest BCUT2D eigenvalue weighted by molar-refractivity contribution is -0.110. The van der Waals surface area contributed by atoms with Crippen LogP contribution < -0.4 is 10.6 Å². The zero-order valence-corrected chi connectivity index (χ0v) is 16.4. The minimum absolute atomic E-state index is 0.128. The molecule has 1 fully saturated rings. The fourth-order valence-corrected chi connectivity index (χ4v) is 3.69. The third-order valence-corrected chi connectivity index (χ3v) is 5.45. The largest absolute Gasteiger partial charge is 0.356 e. The molecule has 1 aliphatic heterocycles. The number of anilines is 2. The maximum Gasteiger partial charge on any atom is 0.258 e. The number of allylic oxidation sites excluding steroid dienone is 1. The van der Waals surface area contributed by atoms with Crippen LogP contribution in [-0.4, -0.2) is 25.7 Å². The summed E-state index contributed by atoms with van der Waals surface area (Å²) < 4.78 is 1.97. The molecule has 4 heterocycles. The van der Waals surface area contributed by atoms with Crippen LogP contribution in [0.25, 0.3) is 16.8 Å². The van der Waals surface area contributed by atoms with Crippen molar-refractivity contribution in [1.29, 1.82) is 0 Å². The predicted molar refractivity (Wildman–Crippen MR) is 112 cm³/mol. The Morgan fingerprint density at radius 2 is 2.14 bits per heavy atom. The van der Waals surface area contributed by atoms with Crippen LogP contribution >= 0.6 is 0 Å². The van der Waals surface area contributed by atoms with Crippen LogP contribution in [0.1, 0.15) is 30.9 Å². The van der Waals surface area contributed by atoms with Gasteiger partial charge in [-0.15, -0.1) is 0 Å². The normalized spacial score (nSPS) is 17.1. The van der Waals surface area contributed by atoms with Gasteiger partial charge in [0.05, 0.1) is 35.0 Å². The van der Waals surface area contributed by atoms with E-state index in [-0.39, 0.29) is 5.91 Å². The van der Waals surface area contributed by atoms with E-state index in [9.17, 15) is 4.79 Å². The average molecular weight is 386 g/mol. The van der Waals surface area contributed by atoms with Gasteiger partial charge in [-0.3, -0.25) is 19.4 Å². The van der Waals surface area contributed by atoms with E-state index in [1.165, 1.54) is 12.8 Å². The third kappa shape index (κ3) is 3.40. The average Bonchev–Trinajstić information content (AvgIpc) is 3.30. The molecular weight excluding hydrogens is 364 g/mol. The summed E-state index contributed by atoms with van der Waals surface area (Å²) in [6.07, 6.45) is 11.6. The van der Waals surface area contributed by atoms with E-state index < -0.39 is 0 Å². The standard InChI is InChI=1S/C22H22N6O/c1-13-5-6-23-9-18(13)19-7-17-20(10-24-19)27-22(29)21(17)14(2)26-16-8-25-28(12-16)11-15-3-4-15/h5-10,12,15,26H,3-4,11H2,1-2H3,(H,27,29)/b21-14-. The predicted octanol–water partition coefficient (Wildman–Crippen LogP) is 3.85. The van der Waals surface area contributed by atoms with Crippen LogP contribution in [0, 0.1) is 12.8 Å². The summed E-state index contributed by atoms with van der Waals surface area (Å²) in [5, 5.41) is 10.7. The first kappa shape index (κ1) is 17.6. The molecule has 1 saturated carbocycles. The van der Waals surface area contributed by atoms with Gasteiger partial charge in [-0.25, -0.2) is 0 Å². The van der Waals surface area contributed by atoms with Gasteiger partial charge in [-0.05, 0) is 50.3 Å². The van der Waals surface area contributed by atoms with Crippen molar-refractivity contribution in [3.05, 3.63) is 59.9 Å². The smallest absolute Gasteiger partial charge is 0.258 e. The lowest BCUT2D eigenvalue weighted by Crippen LogP contribution is -2.08. The molecule has 2 aliphatic rings. The Morgan fingerprint density at radius 1 is 1.28 bits per heavy atom. The summed E-state index contributed by atoms with van der Waals surface area (Å²) in [5.74, 6) is 0.633. The van der Waals surface area contributed by atoms with Gasteiger partial charge >= 0.3 is 0 Å². The Bertz CT molecular complexity index is 1140. The second-order valence-electron chi connectivity index (χ2n) is 7.78. The van der Waals surface area contributed by atoms with Crippen LogP contribution in [0.4, 0.5) is 11.4 Å². The van der Waals surface area contributed by atoms with E-state index >= 15 is 0 Å². The second-order valence-corrected chi connectivity index (χ2v) is 7.78. The van der Waals surface area contributed by atoms with Crippen molar-refractivity contribution in [2.75, 3.05) is 10.6 Å². The van der Waals surface area contributed by atoms with E-state index in [4.69, 9.17) is 0 Å². The van der Waals surface area contributed by atoms with Crippen molar-refractivity contribution in [3.8, 4) is 11.3 Å². The quantitative estimate of drug-likeness (QED) is 0.651. The van der Waals surface area contributed by atoms with Gasteiger partial charge in [0.1, 0.15) is 0 Å². The van der Waals surface area contributed by atoms with Crippen LogP contribution in [-0.2, 0) is 11.3 Å². The van der Waals surface area contributed by atoms with Crippen LogP contribution in [0.3, 0.4) is 0 Å². The number of hydrogen-bond acceptors (Lipinski definition) is 5. The van der Waals surface area contributed by atoms with Gasteiger partial charge in [0.2, 0.25) is 0 Å². The molecule has 7 nitrogen and oxygen atoms in total. The van der Waals surface area contributed by atoms with Crippen molar-refractivity contribution >= 4 is 22.9 Å². The molecule has 1 aliphatic carbocycles. The summed E-state index contributed by atoms with van der Waals surface area (Å²) in [7, 11) is 0. The van der Waals surface area contributed by atoms with Gasteiger partial charge in [-0.1, -0.05) is 0 Å². The van der Waals surface area contributed by atoms with E-state index in [2.05, 4.69) is 25.7 Å². The summed E-state index contributed by atoms with van der Waals surface area (Å²) in [6, 6.07) is 3.91. The lowest BCUT2D eigenvalue weighted by atomic mass is 10.0. The van der Waals surface area contributed by atoms with E-state index in [0.717, 1.165) is 51.9 Å². The Morgan fingerprint density at radius 3 is 2.93 bits per heavy atom. The lowest BCUT2D eigenvalue weighted by Gasteiger charge is -2.09. The molecule has 0 radical (unpaired) electrons. The van der Waals surface area contributed by atoms with Gasteiger partial charge < -0.3 is 10.6 Å². The molecule has 0 spiro atoms. The van der Waals surface area contributed by atoms with Crippen molar-refractivity contribution < 1.29 is 4.79 Å². The molecule has 0 aromatic carbocycles. The van der Waals surface area contributed by atoms with Crippen molar-refractivity contribution in [3.63, 3.8) is 0 Å². The van der Waals surface area contributed by atoms with Crippen LogP contribution in [0.15, 0.2) is 48.8 Å². The Balaban J connectivity index is 1.47. The van der Waals surface area contributed by atoms with Crippen molar-refractivity contribution in [1.82, 2.24) is 19.7 Å². The van der Waals surface area contributed by atoms with Crippen molar-refractivity contribution in [2.24, 2.45) is 5.92 Å². The summed E-state index contributed by atoms with van der Waals surface area (Å²) in [5.41, 5.74) is 6.71. The first-order chi connectivity index (χ1) is 14.1. The summed E-state index contributed by atoms with van der Waals surface area (Å²) in [6.45, 7) is 4.90. The second kappa shape index (κ2) is 6.84. The minimum Gasteiger partial charge on any atom is -0.356 e. The molecule has 1 amide bonds. The molecule has 29 heavy (non-hydrogen) atoms. The van der Waals surface area contributed by atoms with Gasteiger partial charge in [0.15, 0.2) is 0 Å². The molecule has 7 heteroatoms. The maximum atomic E-state index is 12.7. The molecule has 5 rings (SSSR count). The Labute approximate surface area is 168 Å². The highest BCUT2D eigenvalue weighted by Gasteiger charge is 2.28. The highest BCUT2D eigenvalue weighted by molar-refractivity contribution is 6.32. The van der Waals surface area contributed by atoms with Crippen molar-refractivity contribution in [2.45, 2.75) is 33.2 Å². The first-order valence-electron chi connectivity index (χ1n) is 9.81. The molecule has 3 aromatic heterocycles. The number of hydrogen-bond donors (Lipinski definition) is 2. The molecule has 3 aromatic rings. The molecule has 0 atom stereocenters. The zero-order valence-electron chi connectivity index (χ0n) is 16.4. The molecule has 2 N–H and O–H groups in total. The number of carbonyl (C=O) groups excluding carboxylic acids is 1. The molecular formula is C22H22N6O. The topological polar surface area (TPSA) is 84.7 Å². The number of nitrogens with zero attached hydrogens (tertiary/aromatic N) is 4. The fourth-order valence-electron chi connectivity index (χ4n) is 3.69. The monoisotopic (exact) mass is 386 g/mol. The highest BCUT2D eigenvalue weighted by atomic mass is 16.2. The number of nitrogens with one attached hydrogen (secondary N) is 2. The number of pyridine rings is 2. The molecule has 0 unspecified atom stereocenters. The molecule has 0 saturated heterocycles. The number of aryl methyl sites for hydroxylation is 1. The molecule has 0 bridgehead atoms. The highest BCUT2D eigenvalue weighted by Crippen LogP contribution is 2.36.